The van der Waals surface area contributed by atoms with Crippen molar-refractivity contribution in [2.24, 2.45) is 0 Å². The first-order chi connectivity index (χ1) is 8.17. The van der Waals surface area contributed by atoms with Crippen LogP contribution in [0.25, 0.3) is 5.69 Å². The summed E-state index contributed by atoms with van der Waals surface area (Å²) in [5.74, 6) is 0. The summed E-state index contributed by atoms with van der Waals surface area (Å²) in [4.78, 5) is 0. The molecule has 0 saturated heterocycles. The Morgan fingerprint density at radius 1 is 1.24 bits per heavy atom. The molecule has 0 aliphatic carbocycles. The minimum absolute atomic E-state index is 0.290. The summed E-state index contributed by atoms with van der Waals surface area (Å²) in [6, 6.07) is 9.85. The van der Waals surface area contributed by atoms with Crippen LogP contribution in [0, 0.1) is 11.3 Å². The van der Waals surface area contributed by atoms with E-state index < -0.39 is 0 Å². The molecule has 0 N–H and O–H groups in total. The normalized spacial score (nSPS) is 10.2. The summed E-state index contributed by atoms with van der Waals surface area (Å²) in [6.07, 6.45) is 1.64. The number of nitrogens with zero attached hydrogens (tertiary/aromatic N) is 2. The highest BCUT2D eigenvalue weighted by molar-refractivity contribution is 9.08. The number of rotatable bonds is 2. The average Bonchev–Trinajstić information content (AvgIpc) is 2.65. The summed E-state index contributed by atoms with van der Waals surface area (Å²) in [5.41, 5.74) is 2.37. The zero-order valence-corrected chi connectivity index (χ0v) is 11.7. The van der Waals surface area contributed by atoms with Gasteiger partial charge in [-0.15, -0.1) is 0 Å². The lowest BCUT2D eigenvalue weighted by Crippen LogP contribution is -1.95. The minimum Gasteiger partial charge on any atom is -0.305 e. The Kier molecular flexibility index (Phi) is 3.78. The lowest BCUT2D eigenvalue weighted by Gasteiger charge is -2.05. The van der Waals surface area contributed by atoms with Gasteiger partial charge < -0.3 is 4.57 Å². The molecule has 1 aromatic heterocycles. The maximum Gasteiger partial charge on any atom is 0.145 e. The van der Waals surface area contributed by atoms with E-state index in [4.69, 9.17) is 28.5 Å². The maximum atomic E-state index is 9.05. The van der Waals surface area contributed by atoms with Crippen molar-refractivity contribution in [2.45, 2.75) is 5.33 Å². The van der Waals surface area contributed by atoms with Crippen LogP contribution in [-0.4, -0.2) is 4.57 Å². The van der Waals surface area contributed by atoms with Crippen LogP contribution in [0.1, 0.15) is 11.3 Å². The Morgan fingerprint density at radius 2 is 1.88 bits per heavy atom. The summed E-state index contributed by atoms with van der Waals surface area (Å²) >= 11 is 15.2. The second-order valence-electron chi connectivity index (χ2n) is 3.42. The molecule has 0 aliphatic heterocycles. The summed E-state index contributed by atoms with van der Waals surface area (Å²) in [6.45, 7) is 0. The number of nitriles is 1. The van der Waals surface area contributed by atoms with E-state index in [1.807, 2.05) is 30.3 Å². The molecule has 0 aliphatic rings. The molecule has 17 heavy (non-hydrogen) atoms. The van der Waals surface area contributed by atoms with E-state index in [0.29, 0.717) is 15.7 Å². The molecule has 0 spiro atoms. The van der Waals surface area contributed by atoms with Crippen LogP contribution in [-0.2, 0) is 5.33 Å². The predicted molar refractivity (Wildman–Crippen MR) is 73.1 cm³/mol. The van der Waals surface area contributed by atoms with E-state index in [-0.39, 0.29) is 0 Å². The molecule has 0 fully saturated rings. The van der Waals surface area contributed by atoms with Crippen LogP contribution in [0.3, 0.4) is 0 Å². The highest BCUT2D eigenvalue weighted by Gasteiger charge is 2.13. The van der Waals surface area contributed by atoms with Crippen LogP contribution in [0.4, 0.5) is 0 Å². The third-order valence-corrected chi connectivity index (χ3v) is 3.79. The molecular formula is C12H7BrCl2N2. The van der Waals surface area contributed by atoms with Crippen LogP contribution >= 0.6 is 39.1 Å². The molecule has 0 amide bonds. The minimum atomic E-state index is 0.290. The van der Waals surface area contributed by atoms with Gasteiger partial charge in [-0.1, -0.05) is 51.3 Å². The topological polar surface area (TPSA) is 28.7 Å². The van der Waals surface area contributed by atoms with E-state index >= 15 is 0 Å². The third-order valence-electron chi connectivity index (χ3n) is 2.38. The SMILES string of the molecule is N#Cc1c(Cl)c(Cl)cn1-c1ccc(CBr)cc1. The van der Waals surface area contributed by atoms with Gasteiger partial charge in [-0.3, -0.25) is 0 Å². The largest absolute Gasteiger partial charge is 0.305 e. The van der Waals surface area contributed by atoms with Gasteiger partial charge in [-0.25, -0.2) is 0 Å². The van der Waals surface area contributed by atoms with E-state index in [2.05, 4.69) is 15.9 Å². The van der Waals surface area contributed by atoms with Crippen molar-refractivity contribution in [3.05, 3.63) is 51.8 Å². The fraction of sp³-hybridized carbons (Fsp3) is 0.0833. The maximum absolute atomic E-state index is 9.05. The molecule has 2 nitrogen and oxygen atoms in total. The molecule has 2 aromatic rings. The Hall–Kier alpha value is -0.950. The molecule has 0 bridgehead atoms. The van der Waals surface area contributed by atoms with Gasteiger partial charge in [0.25, 0.3) is 0 Å². The molecule has 0 saturated carbocycles. The lowest BCUT2D eigenvalue weighted by atomic mass is 10.2. The lowest BCUT2D eigenvalue weighted by molar-refractivity contribution is 1.05. The smallest absolute Gasteiger partial charge is 0.145 e. The number of alkyl halides is 1. The van der Waals surface area contributed by atoms with Crippen LogP contribution in [0.5, 0.6) is 0 Å². The number of benzene rings is 1. The molecule has 1 aromatic carbocycles. The van der Waals surface area contributed by atoms with Crippen LogP contribution < -0.4 is 0 Å². The monoisotopic (exact) mass is 328 g/mol. The predicted octanol–water partition coefficient (Wildman–Crippen LogP) is 4.55. The number of aromatic nitrogens is 1. The van der Waals surface area contributed by atoms with Gasteiger partial charge in [0.1, 0.15) is 11.8 Å². The third kappa shape index (κ3) is 2.35. The second-order valence-corrected chi connectivity index (χ2v) is 4.77. The quantitative estimate of drug-likeness (QED) is 0.743. The first-order valence-electron chi connectivity index (χ1n) is 4.79. The van der Waals surface area contributed by atoms with E-state index in [1.165, 1.54) is 0 Å². The summed E-state index contributed by atoms with van der Waals surface area (Å²) in [7, 11) is 0. The molecule has 1 heterocycles. The van der Waals surface area contributed by atoms with E-state index in [1.54, 1.807) is 10.8 Å². The second kappa shape index (κ2) is 5.14. The van der Waals surface area contributed by atoms with Gasteiger partial charge in [-0.2, -0.15) is 5.26 Å². The van der Waals surface area contributed by atoms with Crippen LogP contribution in [0.15, 0.2) is 30.5 Å². The van der Waals surface area contributed by atoms with Gasteiger partial charge in [0.05, 0.1) is 10.0 Å². The zero-order chi connectivity index (χ0) is 12.4. The standard InChI is InChI=1S/C12H7BrCl2N2/c13-5-8-1-3-9(4-2-8)17-7-10(14)12(15)11(17)6-16/h1-4,7H,5H2. The Balaban J connectivity index is 2.53. The average molecular weight is 330 g/mol. The first kappa shape index (κ1) is 12.5. The van der Waals surface area contributed by atoms with Crippen molar-refractivity contribution in [1.82, 2.24) is 4.57 Å². The molecule has 0 unspecified atom stereocenters. The highest BCUT2D eigenvalue weighted by atomic mass is 79.9. The fourth-order valence-electron chi connectivity index (χ4n) is 1.51. The van der Waals surface area contributed by atoms with Gasteiger partial charge in [0.15, 0.2) is 0 Å². The van der Waals surface area contributed by atoms with Crippen molar-refractivity contribution < 1.29 is 0 Å². The molecule has 0 radical (unpaired) electrons. The number of hydrogen-bond acceptors (Lipinski definition) is 1. The van der Waals surface area contributed by atoms with Gasteiger partial charge in [0, 0.05) is 17.2 Å². The van der Waals surface area contributed by atoms with Gasteiger partial charge >= 0.3 is 0 Å². The number of halogens is 3. The van der Waals surface area contributed by atoms with Gasteiger partial charge in [0.2, 0.25) is 0 Å². The van der Waals surface area contributed by atoms with E-state index in [9.17, 15) is 0 Å². The fourth-order valence-corrected chi connectivity index (χ4v) is 2.25. The molecule has 86 valence electrons. The summed E-state index contributed by atoms with van der Waals surface area (Å²) < 4.78 is 1.68. The summed E-state index contributed by atoms with van der Waals surface area (Å²) in [5, 5.41) is 10.5. The van der Waals surface area contributed by atoms with Gasteiger partial charge in [-0.05, 0) is 17.7 Å². The van der Waals surface area contributed by atoms with Crippen LogP contribution in [0.2, 0.25) is 10.0 Å². The Bertz CT molecular complexity index is 582. The van der Waals surface area contributed by atoms with Crippen molar-refractivity contribution >= 4 is 39.1 Å². The highest BCUT2D eigenvalue weighted by Crippen LogP contribution is 2.29. The molecule has 2 rings (SSSR count). The van der Waals surface area contributed by atoms with Crippen molar-refractivity contribution in [3.63, 3.8) is 0 Å². The van der Waals surface area contributed by atoms with Crippen molar-refractivity contribution in [3.8, 4) is 11.8 Å². The van der Waals surface area contributed by atoms with E-state index in [0.717, 1.165) is 16.6 Å². The van der Waals surface area contributed by atoms with Crippen molar-refractivity contribution in [2.75, 3.05) is 0 Å². The number of hydrogen-bond donors (Lipinski definition) is 0. The first-order valence-corrected chi connectivity index (χ1v) is 6.67. The van der Waals surface area contributed by atoms with Crippen molar-refractivity contribution in [1.29, 1.82) is 5.26 Å². The Labute approximate surface area is 118 Å². The molecule has 5 heteroatoms. The molecular weight excluding hydrogens is 323 g/mol. The zero-order valence-electron chi connectivity index (χ0n) is 8.62. The Morgan fingerprint density at radius 3 is 2.41 bits per heavy atom. The molecule has 0 atom stereocenters.